The maximum Gasteiger partial charge on any atom is 0.237 e. The third kappa shape index (κ3) is 3.80. The third-order valence-corrected chi connectivity index (χ3v) is 3.30. The Balaban J connectivity index is 2.56. The van der Waals surface area contributed by atoms with Gasteiger partial charge in [0.25, 0.3) is 0 Å². The monoisotopic (exact) mass is 240 g/mol. The number of amides is 1. The number of carbonyl (C=O) groups excluding carboxylic acids is 1. The van der Waals surface area contributed by atoms with Crippen molar-refractivity contribution in [1.29, 1.82) is 0 Å². The van der Waals surface area contributed by atoms with Crippen LogP contribution in [0.5, 0.6) is 0 Å². The van der Waals surface area contributed by atoms with Gasteiger partial charge in [-0.25, -0.2) is 0 Å². The summed E-state index contributed by atoms with van der Waals surface area (Å²) in [6.07, 6.45) is 1.69. The first-order chi connectivity index (χ1) is 8.10. The van der Waals surface area contributed by atoms with E-state index in [1.165, 1.54) is 0 Å². The average molecular weight is 240 g/mol. The molecule has 1 rings (SSSR count). The van der Waals surface area contributed by atoms with Gasteiger partial charge in [0.1, 0.15) is 0 Å². The van der Waals surface area contributed by atoms with E-state index in [1.54, 1.807) is 6.08 Å². The second-order valence-corrected chi connectivity index (χ2v) is 4.60. The number of rotatable bonds is 5. The molecule has 1 amide bonds. The Morgan fingerprint density at radius 1 is 1.65 bits per heavy atom. The fourth-order valence-electron chi connectivity index (χ4n) is 2.22. The van der Waals surface area contributed by atoms with Gasteiger partial charge >= 0.3 is 0 Å². The molecule has 0 aliphatic carbocycles. The van der Waals surface area contributed by atoms with Gasteiger partial charge in [0, 0.05) is 38.8 Å². The number of nitrogens with two attached hydrogens (primary N) is 1. The van der Waals surface area contributed by atoms with E-state index in [9.17, 15) is 4.79 Å². The molecule has 1 saturated heterocycles. The Morgan fingerprint density at radius 3 is 2.94 bits per heavy atom. The van der Waals surface area contributed by atoms with E-state index in [4.69, 9.17) is 5.73 Å². The molecule has 2 atom stereocenters. The Bertz CT molecular complexity index is 269. The van der Waals surface area contributed by atoms with E-state index in [0.29, 0.717) is 13.1 Å². The number of nitrogens with one attached hydrogen (secondary N) is 1. The lowest BCUT2D eigenvalue weighted by Gasteiger charge is -2.42. The second kappa shape index (κ2) is 6.74. The standard InChI is InChI=1S/C12H24N4O/c1-4-5-14-12(17)10(2)16-7-6-15(3)9-11(16)8-13/h4,10-11H,1,5-9,13H2,2-3H3,(H,14,17). The summed E-state index contributed by atoms with van der Waals surface area (Å²) in [6.45, 7) is 9.43. The van der Waals surface area contributed by atoms with Crippen LogP contribution >= 0.6 is 0 Å². The molecule has 1 heterocycles. The van der Waals surface area contributed by atoms with Crippen LogP contribution in [-0.2, 0) is 4.79 Å². The molecule has 1 aliphatic rings. The van der Waals surface area contributed by atoms with E-state index in [1.807, 2.05) is 6.92 Å². The van der Waals surface area contributed by atoms with Gasteiger partial charge in [-0.1, -0.05) is 6.08 Å². The number of likely N-dealkylation sites (N-methyl/N-ethyl adjacent to an activating group) is 1. The molecule has 0 radical (unpaired) electrons. The van der Waals surface area contributed by atoms with E-state index < -0.39 is 0 Å². The molecule has 0 bridgehead atoms. The van der Waals surface area contributed by atoms with Gasteiger partial charge in [0.05, 0.1) is 6.04 Å². The molecule has 0 aromatic heterocycles. The lowest BCUT2D eigenvalue weighted by atomic mass is 10.1. The molecule has 98 valence electrons. The average Bonchev–Trinajstić information content (AvgIpc) is 2.34. The van der Waals surface area contributed by atoms with Gasteiger partial charge in [-0.3, -0.25) is 9.69 Å². The van der Waals surface area contributed by atoms with Crippen LogP contribution in [0, 0.1) is 0 Å². The Hall–Kier alpha value is -0.910. The Labute approximate surface area is 104 Å². The van der Waals surface area contributed by atoms with Crippen LogP contribution in [0.3, 0.4) is 0 Å². The molecule has 2 unspecified atom stereocenters. The van der Waals surface area contributed by atoms with Crippen LogP contribution in [0.1, 0.15) is 6.92 Å². The molecule has 1 aliphatic heterocycles. The molecular weight excluding hydrogens is 216 g/mol. The first-order valence-corrected chi connectivity index (χ1v) is 6.13. The second-order valence-electron chi connectivity index (χ2n) is 4.60. The molecular formula is C12H24N4O. The third-order valence-electron chi connectivity index (χ3n) is 3.30. The topological polar surface area (TPSA) is 61.6 Å². The molecule has 5 heteroatoms. The number of hydrogen-bond acceptors (Lipinski definition) is 4. The normalized spacial score (nSPS) is 24.3. The van der Waals surface area contributed by atoms with E-state index in [0.717, 1.165) is 19.6 Å². The van der Waals surface area contributed by atoms with Gasteiger partial charge in [0.15, 0.2) is 0 Å². The highest BCUT2D eigenvalue weighted by Gasteiger charge is 2.30. The quantitative estimate of drug-likeness (QED) is 0.621. The molecule has 0 saturated carbocycles. The minimum absolute atomic E-state index is 0.0490. The highest BCUT2D eigenvalue weighted by molar-refractivity contribution is 5.81. The van der Waals surface area contributed by atoms with Crippen molar-refractivity contribution in [3.05, 3.63) is 12.7 Å². The van der Waals surface area contributed by atoms with Crippen molar-refractivity contribution in [3.8, 4) is 0 Å². The minimum atomic E-state index is -0.128. The summed E-state index contributed by atoms with van der Waals surface area (Å²) < 4.78 is 0. The maximum atomic E-state index is 11.9. The Kier molecular flexibility index (Phi) is 5.61. The molecule has 17 heavy (non-hydrogen) atoms. The summed E-state index contributed by atoms with van der Waals surface area (Å²) >= 11 is 0. The highest BCUT2D eigenvalue weighted by atomic mass is 16.2. The smallest absolute Gasteiger partial charge is 0.237 e. The number of nitrogens with zero attached hydrogens (tertiary/aromatic N) is 2. The lowest BCUT2D eigenvalue weighted by Crippen LogP contribution is -2.60. The summed E-state index contributed by atoms with van der Waals surface area (Å²) in [5.41, 5.74) is 5.78. The predicted molar refractivity (Wildman–Crippen MR) is 69.7 cm³/mol. The van der Waals surface area contributed by atoms with Gasteiger partial charge < -0.3 is 16.0 Å². The number of carbonyl (C=O) groups is 1. The summed E-state index contributed by atoms with van der Waals surface area (Å²) in [5.74, 6) is 0.0490. The summed E-state index contributed by atoms with van der Waals surface area (Å²) in [7, 11) is 2.09. The van der Waals surface area contributed by atoms with Crippen molar-refractivity contribution < 1.29 is 4.79 Å². The first-order valence-electron chi connectivity index (χ1n) is 6.13. The van der Waals surface area contributed by atoms with Crippen molar-refractivity contribution in [2.75, 3.05) is 39.8 Å². The molecule has 0 aromatic rings. The van der Waals surface area contributed by atoms with Crippen LogP contribution in [0.4, 0.5) is 0 Å². The zero-order chi connectivity index (χ0) is 12.8. The van der Waals surface area contributed by atoms with E-state index >= 15 is 0 Å². The summed E-state index contributed by atoms with van der Waals surface area (Å²) in [6, 6.07) is 0.135. The van der Waals surface area contributed by atoms with E-state index in [2.05, 4.69) is 28.7 Å². The van der Waals surface area contributed by atoms with Crippen molar-refractivity contribution in [1.82, 2.24) is 15.1 Å². The SMILES string of the molecule is C=CCNC(=O)C(C)N1CCN(C)CC1CN. The fraction of sp³-hybridized carbons (Fsp3) is 0.750. The van der Waals surface area contributed by atoms with Gasteiger partial charge in [-0.05, 0) is 14.0 Å². The number of piperazine rings is 1. The molecule has 5 nitrogen and oxygen atoms in total. The zero-order valence-corrected chi connectivity index (χ0v) is 10.9. The predicted octanol–water partition coefficient (Wildman–Crippen LogP) is -0.748. The van der Waals surface area contributed by atoms with Gasteiger partial charge in [0.2, 0.25) is 5.91 Å². The minimum Gasteiger partial charge on any atom is -0.351 e. The largest absolute Gasteiger partial charge is 0.351 e. The van der Waals surface area contributed by atoms with Crippen molar-refractivity contribution >= 4 is 5.91 Å². The Morgan fingerprint density at radius 2 is 2.35 bits per heavy atom. The van der Waals surface area contributed by atoms with Crippen LogP contribution in [0.25, 0.3) is 0 Å². The lowest BCUT2D eigenvalue weighted by molar-refractivity contribution is -0.127. The maximum absolute atomic E-state index is 11.9. The number of hydrogen-bond donors (Lipinski definition) is 2. The molecule has 3 N–H and O–H groups in total. The van der Waals surface area contributed by atoms with Crippen molar-refractivity contribution in [2.45, 2.75) is 19.0 Å². The van der Waals surface area contributed by atoms with Gasteiger partial charge in [-0.2, -0.15) is 0 Å². The van der Waals surface area contributed by atoms with Crippen molar-refractivity contribution in [2.24, 2.45) is 5.73 Å². The summed E-state index contributed by atoms with van der Waals surface area (Å²) in [4.78, 5) is 16.3. The summed E-state index contributed by atoms with van der Waals surface area (Å²) in [5, 5.41) is 2.83. The molecule has 0 aromatic carbocycles. The van der Waals surface area contributed by atoms with Crippen LogP contribution in [0.15, 0.2) is 12.7 Å². The zero-order valence-electron chi connectivity index (χ0n) is 10.9. The first kappa shape index (κ1) is 14.2. The van der Waals surface area contributed by atoms with Crippen molar-refractivity contribution in [3.63, 3.8) is 0 Å². The fourth-order valence-corrected chi connectivity index (χ4v) is 2.22. The van der Waals surface area contributed by atoms with Crippen LogP contribution in [0.2, 0.25) is 0 Å². The van der Waals surface area contributed by atoms with E-state index in [-0.39, 0.29) is 18.0 Å². The van der Waals surface area contributed by atoms with Gasteiger partial charge in [-0.15, -0.1) is 6.58 Å². The molecule has 1 fully saturated rings. The van der Waals surface area contributed by atoms with Crippen LogP contribution in [-0.4, -0.2) is 67.6 Å². The molecule has 0 spiro atoms. The van der Waals surface area contributed by atoms with Crippen LogP contribution < -0.4 is 11.1 Å². The highest BCUT2D eigenvalue weighted by Crippen LogP contribution is 2.11.